The molecule has 3 heteroatoms. The van der Waals surface area contributed by atoms with Gasteiger partial charge in [-0.1, -0.05) is 13.0 Å². The maximum Gasteiger partial charge on any atom is 0.119 e. The number of hydrogen-bond donors (Lipinski definition) is 1. The average molecular weight is 258 g/mol. The molecule has 1 aromatic rings. The number of nitrogens with zero attached hydrogens (tertiary/aromatic N) is 1. The van der Waals surface area contributed by atoms with Crippen molar-refractivity contribution in [1.82, 2.24) is 5.32 Å². The van der Waals surface area contributed by atoms with Crippen LogP contribution < -0.4 is 10.1 Å². The second-order valence-corrected chi connectivity index (χ2v) is 5.46. The summed E-state index contributed by atoms with van der Waals surface area (Å²) in [6.07, 6.45) is 3.64. The molecule has 1 aliphatic carbocycles. The summed E-state index contributed by atoms with van der Waals surface area (Å²) in [6, 6.07) is 9.07. The summed E-state index contributed by atoms with van der Waals surface area (Å²) >= 11 is 0. The van der Waals surface area contributed by atoms with Crippen molar-refractivity contribution < 1.29 is 4.74 Å². The highest BCUT2D eigenvalue weighted by molar-refractivity contribution is 5.40. The van der Waals surface area contributed by atoms with Crippen molar-refractivity contribution in [1.29, 1.82) is 5.26 Å². The van der Waals surface area contributed by atoms with Crippen LogP contribution >= 0.6 is 0 Å². The Labute approximate surface area is 115 Å². The zero-order chi connectivity index (χ0) is 13.9. The third-order valence-corrected chi connectivity index (χ3v) is 4.08. The van der Waals surface area contributed by atoms with Gasteiger partial charge in [0.1, 0.15) is 11.3 Å². The van der Waals surface area contributed by atoms with Crippen LogP contribution in [0.4, 0.5) is 0 Å². The van der Waals surface area contributed by atoms with Crippen LogP contribution in [0.25, 0.3) is 0 Å². The summed E-state index contributed by atoms with van der Waals surface area (Å²) in [6.45, 7) is 4.28. The zero-order valence-electron chi connectivity index (χ0n) is 12.0. The highest BCUT2D eigenvalue weighted by Crippen LogP contribution is 2.31. The van der Waals surface area contributed by atoms with Gasteiger partial charge in [0.25, 0.3) is 0 Å². The number of hydrogen-bond acceptors (Lipinski definition) is 3. The van der Waals surface area contributed by atoms with E-state index in [1.54, 1.807) is 7.11 Å². The maximum atomic E-state index is 9.59. The molecular weight excluding hydrogens is 236 g/mol. The molecule has 2 rings (SSSR count). The molecular formula is C16H22N2O. The molecule has 102 valence electrons. The largest absolute Gasteiger partial charge is 0.497 e. The van der Waals surface area contributed by atoms with Crippen LogP contribution in [0.3, 0.4) is 0 Å². The molecule has 3 nitrogen and oxygen atoms in total. The van der Waals surface area contributed by atoms with Gasteiger partial charge in [0.05, 0.1) is 13.2 Å². The number of fused-ring (bicyclic) bond motifs is 1. The van der Waals surface area contributed by atoms with Gasteiger partial charge in [0, 0.05) is 12.5 Å². The fourth-order valence-corrected chi connectivity index (χ4v) is 2.72. The van der Waals surface area contributed by atoms with Crippen LogP contribution in [0.1, 0.15) is 37.8 Å². The van der Waals surface area contributed by atoms with Crippen LogP contribution in [0, 0.1) is 11.3 Å². The van der Waals surface area contributed by atoms with Crippen LogP contribution in [0.5, 0.6) is 5.75 Å². The first kappa shape index (κ1) is 13.9. The van der Waals surface area contributed by atoms with Crippen LogP contribution in [0.15, 0.2) is 18.2 Å². The van der Waals surface area contributed by atoms with Crippen molar-refractivity contribution in [3.05, 3.63) is 29.3 Å². The topological polar surface area (TPSA) is 45.0 Å². The number of benzene rings is 1. The number of nitriles is 1. The molecule has 1 aliphatic rings. The summed E-state index contributed by atoms with van der Waals surface area (Å²) in [5, 5.41) is 13.1. The van der Waals surface area contributed by atoms with E-state index in [1.165, 1.54) is 11.1 Å². The van der Waals surface area contributed by atoms with Gasteiger partial charge < -0.3 is 4.74 Å². The normalized spacial score (nSPS) is 23.3. The zero-order valence-corrected chi connectivity index (χ0v) is 12.0. The summed E-state index contributed by atoms with van der Waals surface area (Å²) in [4.78, 5) is 0. The van der Waals surface area contributed by atoms with E-state index < -0.39 is 5.54 Å². The van der Waals surface area contributed by atoms with Gasteiger partial charge >= 0.3 is 0 Å². The van der Waals surface area contributed by atoms with E-state index in [9.17, 15) is 5.26 Å². The Morgan fingerprint density at radius 2 is 2.26 bits per heavy atom. The first-order valence-corrected chi connectivity index (χ1v) is 6.97. The molecule has 0 fully saturated rings. The van der Waals surface area contributed by atoms with E-state index >= 15 is 0 Å². The second kappa shape index (κ2) is 5.63. The molecule has 0 spiro atoms. The fourth-order valence-electron chi connectivity index (χ4n) is 2.72. The van der Waals surface area contributed by atoms with Gasteiger partial charge in [-0.3, -0.25) is 5.32 Å². The summed E-state index contributed by atoms with van der Waals surface area (Å²) in [5.41, 5.74) is 2.16. The van der Waals surface area contributed by atoms with Crippen molar-refractivity contribution in [2.75, 3.05) is 7.11 Å². The molecule has 2 unspecified atom stereocenters. The Balaban J connectivity index is 2.25. The second-order valence-electron chi connectivity index (χ2n) is 5.46. The summed E-state index contributed by atoms with van der Waals surface area (Å²) in [5.74, 6) is 0.871. The van der Waals surface area contributed by atoms with E-state index in [4.69, 9.17) is 4.74 Å². The molecule has 0 aliphatic heterocycles. The quantitative estimate of drug-likeness (QED) is 0.903. The van der Waals surface area contributed by atoms with Gasteiger partial charge in [-0.05, 0) is 49.4 Å². The number of nitrogens with one attached hydrogen (secondary N) is 1. The SMILES string of the molecule is CCC(C)NC1(C#N)CCc2ccc(OC)cc2C1. The van der Waals surface area contributed by atoms with Crippen molar-refractivity contribution in [3.63, 3.8) is 0 Å². The average Bonchev–Trinajstić information content (AvgIpc) is 2.46. The monoisotopic (exact) mass is 258 g/mol. The Hall–Kier alpha value is -1.53. The first-order chi connectivity index (χ1) is 9.12. The van der Waals surface area contributed by atoms with Gasteiger partial charge in [0.2, 0.25) is 0 Å². The van der Waals surface area contributed by atoms with E-state index in [1.807, 2.05) is 6.07 Å². The molecule has 2 atom stereocenters. The minimum absolute atomic E-state index is 0.367. The minimum atomic E-state index is -0.422. The Morgan fingerprint density at radius 1 is 1.47 bits per heavy atom. The fraction of sp³-hybridized carbons (Fsp3) is 0.562. The third-order valence-electron chi connectivity index (χ3n) is 4.08. The molecule has 0 saturated carbocycles. The Bertz CT molecular complexity index is 492. The van der Waals surface area contributed by atoms with Gasteiger partial charge in [0.15, 0.2) is 0 Å². The van der Waals surface area contributed by atoms with Crippen molar-refractivity contribution in [3.8, 4) is 11.8 Å². The van der Waals surface area contributed by atoms with E-state index in [0.29, 0.717) is 6.04 Å². The molecule has 0 aromatic heterocycles. The van der Waals surface area contributed by atoms with Crippen LogP contribution in [-0.2, 0) is 12.8 Å². The lowest BCUT2D eigenvalue weighted by molar-refractivity contribution is 0.323. The molecule has 0 bridgehead atoms. The molecule has 1 N–H and O–H groups in total. The maximum absolute atomic E-state index is 9.59. The van der Waals surface area contributed by atoms with E-state index in [2.05, 4.69) is 37.4 Å². The molecule has 1 aromatic carbocycles. The summed E-state index contributed by atoms with van der Waals surface area (Å²) in [7, 11) is 1.68. The lowest BCUT2D eigenvalue weighted by Gasteiger charge is -2.35. The minimum Gasteiger partial charge on any atom is -0.497 e. The number of rotatable bonds is 4. The third kappa shape index (κ3) is 2.90. The summed E-state index contributed by atoms with van der Waals surface area (Å²) < 4.78 is 5.28. The Morgan fingerprint density at radius 3 is 2.89 bits per heavy atom. The van der Waals surface area contributed by atoms with E-state index in [-0.39, 0.29) is 0 Å². The van der Waals surface area contributed by atoms with Gasteiger partial charge in [-0.25, -0.2) is 0 Å². The molecule has 0 amide bonds. The standard InChI is InChI=1S/C16H22N2O/c1-4-12(2)18-16(11-17)8-7-13-5-6-15(19-3)9-14(13)10-16/h5-6,9,12,18H,4,7-8,10H2,1-3H3. The highest BCUT2D eigenvalue weighted by Gasteiger charge is 2.35. The number of ether oxygens (including phenoxy) is 1. The smallest absolute Gasteiger partial charge is 0.119 e. The van der Waals surface area contributed by atoms with Gasteiger partial charge in [-0.2, -0.15) is 5.26 Å². The lowest BCUT2D eigenvalue weighted by atomic mass is 9.78. The lowest BCUT2D eigenvalue weighted by Crippen LogP contribution is -2.51. The number of methoxy groups -OCH3 is 1. The predicted molar refractivity (Wildman–Crippen MR) is 76.3 cm³/mol. The molecule has 0 saturated heterocycles. The highest BCUT2D eigenvalue weighted by atomic mass is 16.5. The predicted octanol–water partition coefficient (Wildman–Crippen LogP) is 2.83. The van der Waals surface area contributed by atoms with Gasteiger partial charge in [-0.15, -0.1) is 0 Å². The van der Waals surface area contributed by atoms with Crippen LogP contribution in [0.2, 0.25) is 0 Å². The molecule has 0 heterocycles. The molecule has 19 heavy (non-hydrogen) atoms. The molecule has 0 radical (unpaired) electrons. The van der Waals surface area contributed by atoms with Crippen molar-refractivity contribution in [2.45, 2.75) is 51.1 Å². The van der Waals surface area contributed by atoms with Crippen molar-refractivity contribution in [2.24, 2.45) is 0 Å². The first-order valence-electron chi connectivity index (χ1n) is 6.97. The van der Waals surface area contributed by atoms with E-state index in [0.717, 1.165) is 31.4 Å². The Kier molecular flexibility index (Phi) is 4.11. The van der Waals surface area contributed by atoms with Crippen molar-refractivity contribution >= 4 is 0 Å². The number of aryl methyl sites for hydroxylation is 1. The van der Waals surface area contributed by atoms with Crippen LogP contribution in [-0.4, -0.2) is 18.7 Å².